The first kappa shape index (κ1) is 16.4. The fourth-order valence-corrected chi connectivity index (χ4v) is 4.25. The molecular weight excluding hydrogens is 342 g/mol. The van der Waals surface area contributed by atoms with Crippen LogP contribution < -0.4 is 4.90 Å². The predicted molar refractivity (Wildman–Crippen MR) is 98.5 cm³/mol. The van der Waals surface area contributed by atoms with Gasteiger partial charge in [0.1, 0.15) is 4.88 Å². The van der Waals surface area contributed by atoms with Crippen LogP contribution in [0.5, 0.6) is 0 Å². The normalized spacial score (nSPS) is 10.6. The van der Waals surface area contributed by atoms with Crippen LogP contribution in [0, 0.1) is 6.92 Å². The molecule has 3 aromatic rings. The molecule has 0 saturated heterocycles. The van der Waals surface area contributed by atoms with E-state index in [0.717, 1.165) is 16.0 Å². The van der Waals surface area contributed by atoms with Crippen LogP contribution in [0.15, 0.2) is 47.8 Å². The number of benzene rings is 1. The first-order valence-electron chi connectivity index (χ1n) is 7.23. The molecule has 0 unspecified atom stereocenters. The van der Waals surface area contributed by atoms with Gasteiger partial charge in [-0.1, -0.05) is 30.3 Å². The van der Waals surface area contributed by atoms with Gasteiger partial charge in [0, 0.05) is 11.9 Å². The van der Waals surface area contributed by atoms with E-state index in [4.69, 9.17) is 0 Å². The van der Waals surface area contributed by atoms with Crippen molar-refractivity contribution in [3.8, 4) is 10.4 Å². The second kappa shape index (κ2) is 6.59. The topological polar surface area (TPSA) is 57.6 Å². The predicted octanol–water partition coefficient (Wildman–Crippen LogP) is 4.76. The van der Waals surface area contributed by atoms with Gasteiger partial charge in [-0.2, -0.15) is 0 Å². The number of hydrogen-bond donors (Lipinski definition) is 1. The molecule has 1 N–H and O–H groups in total. The highest BCUT2D eigenvalue weighted by atomic mass is 32.1. The van der Waals surface area contributed by atoms with E-state index in [9.17, 15) is 14.7 Å². The summed E-state index contributed by atoms with van der Waals surface area (Å²) < 4.78 is 0. The Balaban J connectivity index is 2.01. The zero-order valence-corrected chi connectivity index (χ0v) is 14.8. The van der Waals surface area contributed by atoms with Crippen molar-refractivity contribution in [2.75, 3.05) is 11.9 Å². The summed E-state index contributed by atoms with van der Waals surface area (Å²) in [5.41, 5.74) is 2.37. The molecule has 3 rings (SSSR count). The van der Waals surface area contributed by atoms with Gasteiger partial charge in [0.05, 0.1) is 10.6 Å². The molecule has 0 radical (unpaired) electrons. The van der Waals surface area contributed by atoms with Crippen molar-refractivity contribution in [3.05, 3.63) is 63.2 Å². The standard InChI is InChI=1S/C18H15NO3S2/c1-11-8-15(23-10-11)17(20)19(2)13-9-14(24-16(13)18(21)22)12-6-4-3-5-7-12/h3-10H,1-2H3,(H,21,22). The Morgan fingerprint density at radius 3 is 2.42 bits per heavy atom. The molecule has 24 heavy (non-hydrogen) atoms. The lowest BCUT2D eigenvalue weighted by Crippen LogP contribution is -2.26. The van der Waals surface area contributed by atoms with Gasteiger partial charge < -0.3 is 10.0 Å². The maximum atomic E-state index is 12.6. The number of carbonyl (C=O) groups is 2. The lowest BCUT2D eigenvalue weighted by molar-refractivity contribution is 0.0703. The van der Waals surface area contributed by atoms with Crippen molar-refractivity contribution in [1.82, 2.24) is 0 Å². The number of amides is 1. The molecule has 0 bridgehead atoms. The highest BCUT2D eigenvalue weighted by Gasteiger charge is 2.24. The largest absolute Gasteiger partial charge is 0.477 e. The Morgan fingerprint density at radius 1 is 1.12 bits per heavy atom. The Morgan fingerprint density at radius 2 is 1.83 bits per heavy atom. The average Bonchev–Trinajstić information content (AvgIpc) is 3.21. The Kier molecular flexibility index (Phi) is 4.51. The molecule has 2 heterocycles. The van der Waals surface area contributed by atoms with Gasteiger partial charge in [0.25, 0.3) is 5.91 Å². The van der Waals surface area contributed by atoms with Crippen LogP contribution in [0.3, 0.4) is 0 Å². The number of carbonyl (C=O) groups excluding carboxylic acids is 1. The summed E-state index contributed by atoms with van der Waals surface area (Å²) in [6.07, 6.45) is 0. The third-order valence-corrected chi connectivity index (χ3v) is 5.77. The summed E-state index contributed by atoms with van der Waals surface area (Å²) in [4.78, 5) is 27.2. The third-order valence-electron chi connectivity index (χ3n) is 3.57. The van der Waals surface area contributed by atoms with Gasteiger partial charge >= 0.3 is 5.97 Å². The number of aryl methyl sites for hydroxylation is 1. The third kappa shape index (κ3) is 3.11. The van der Waals surface area contributed by atoms with Crippen LogP contribution in [0.4, 0.5) is 5.69 Å². The Bertz CT molecular complexity index is 896. The number of thiophene rings is 2. The first-order valence-corrected chi connectivity index (χ1v) is 8.92. The molecule has 0 aliphatic heterocycles. The minimum atomic E-state index is -1.03. The maximum Gasteiger partial charge on any atom is 0.348 e. The number of carboxylic acid groups (broad SMARTS) is 1. The van der Waals surface area contributed by atoms with Crippen molar-refractivity contribution < 1.29 is 14.7 Å². The number of rotatable bonds is 4. The van der Waals surface area contributed by atoms with Gasteiger partial charge in [0.15, 0.2) is 0 Å². The molecule has 0 atom stereocenters. The van der Waals surface area contributed by atoms with E-state index in [1.165, 1.54) is 27.6 Å². The summed E-state index contributed by atoms with van der Waals surface area (Å²) in [6.45, 7) is 1.92. The van der Waals surface area contributed by atoms with Gasteiger partial charge in [-0.3, -0.25) is 4.79 Å². The summed E-state index contributed by atoms with van der Waals surface area (Å²) in [5.74, 6) is -1.23. The second-order valence-electron chi connectivity index (χ2n) is 5.35. The SMILES string of the molecule is Cc1csc(C(=O)N(C)c2cc(-c3ccccc3)sc2C(=O)O)c1. The van der Waals surface area contributed by atoms with Gasteiger partial charge in [0.2, 0.25) is 0 Å². The molecule has 1 aromatic carbocycles. The monoisotopic (exact) mass is 357 g/mol. The smallest absolute Gasteiger partial charge is 0.348 e. The zero-order chi connectivity index (χ0) is 17.3. The summed E-state index contributed by atoms with van der Waals surface area (Å²) in [7, 11) is 1.61. The number of nitrogens with zero attached hydrogens (tertiary/aromatic N) is 1. The van der Waals surface area contributed by atoms with Gasteiger partial charge in [-0.25, -0.2) is 4.79 Å². The van der Waals surface area contributed by atoms with Crippen LogP contribution in [-0.2, 0) is 0 Å². The molecule has 0 aliphatic carbocycles. The van der Waals surface area contributed by atoms with Crippen LogP contribution in [-0.4, -0.2) is 24.0 Å². The number of hydrogen-bond acceptors (Lipinski definition) is 4. The fourth-order valence-electron chi connectivity index (χ4n) is 2.35. The fraction of sp³-hybridized carbons (Fsp3) is 0.111. The van der Waals surface area contributed by atoms with Crippen molar-refractivity contribution in [3.63, 3.8) is 0 Å². The van der Waals surface area contributed by atoms with Crippen molar-refractivity contribution in [2.45, 2.75) is 6.92 Å². The van der Waals surface area contributed by atoms with Crippen LogP contribution in [0.2, 0.25) is 0 Å². The van der Waals surface area contributed by atoms with Crippen molar-refractivity contribution in [2.24, 2.45) is 0 Å². The number of aromatic carboxylic acids is 1. The van der Waals surface area contributed by atoms with Crippen LogP contribution >= 0.6 is 22.7 Å². The second-order valence-corrected chi connectivity index (χ2v) is 7.31. The lowest BCUT2D eigenvalue weighted by atomic mass is 10.2. The summed E-state index contributed by atoms with van der Waals surface area (Å²) in [5, 5.41) is 11.4. The van der Waals surface area contributed by atoms with Gasteiger partial charge in [-0.15, -0.1) is 22.7 Å². The van der Waals surface area contributed by atoms with E-state index in [0.29, 0.717) is 10.6 Å². The molecular formula is C18H15NO3S2. The molecule has 6 heteroatoms. The van der Waals surface area contributed by atoms with E-state index >= 15 is 0 Å². The van der Waals surface area contributed by atoms with E-state index in [-0.39, 0.29) is 10.8 Å². The van der Waals surface area contributed by atoms with Crippen molar-refractivity contribution >= 4 is 40.2 Å². The maximum absolute atomic E-state index is 12.6. The Labute approximate surface area is 147 Å². The van der Waals surface area contributed by atoms with E-state index in [1.54, 1.807) is 13.1 Å². The first-order chi connectivity index (χ1) is 11.5. The molecule has 0 spiro atoms. The quantitative estimate of drug-likeness (QED) is 0.732. The van der Waals surface area contributed by atoms with Gasteiger partial charge in [-0.05, 0) is 35.6 Å². The highest BCUT2D eigenvalue weighted by molar-refractivity contribution is 7.18. The van der Waals surface area contributed by atoms with E-state index in [1.807, 2.05) is 48.7 Å². The molecule has 0 saturated carbocycles. The molecule has 0 aliphatic rings. The van der Waals surface area contributed by atoms with Crippen LogP contribution in [0.1, 0.15) is 24.9 Å². The number of carboxylic acids is 1. The Hall–Kier alpha value is -2.44. The molecule has 4 nitrogen and oxygen atoms in total. The highest BCUT2D eigenvalue weighted by Crippen LogP contribution is 2.37. The summed E-state index contributed by atoms with van der Waals surface area (Å²) >= 11 is 2.54. The molecule has 2 aromatic heterocycles. The molecule has 122 valence electrons. The minimum Gasteiger partial charge on any atom is -0.477 e. The van der Waals surface area contributed by atoms with E-state index in [2.05, 4.69) is 0 Å². The minimum absolute atomic E-state index is 0.165. The zero-order valence-electron chi connectivity index (χ0n) is 13.1. The molecule has 0 fully saturated rings. The summed E-state index contributed by atoms with van der Waals surface area (Å²) in [6, 6.07) is 13.1. The van der Waals surface area contributed by atoms with E-state index < -0.39 is 5.97 Å². The average molecular weight is 357 g/mol. The van der Waals surface area contributed by atoms with Crippen LogP contribution in [0.25, 0.3) is 10.4 Å². The lowest BCUT2D eigenvalue weighted by Gasteiger charge is -2.15. The number of anilines is 1. The van der Waals surface area contributed by atoms with Crippen molar-refractivity contribution in [1.29, 1.82) is 0 Å². The molecule has 1 amide bonds.